The molecule has 1 unspecified atom stereocenters. The molecule has 1 aliphatic rings. The molecular formula is C12H25N3O3S. The molecule has 0 aromatic heterocycles. The number of nitrogens with one attached hydrogen (secondary N) is 1. The van der Waals surface area contributed by atoms with E-state index in [1.165, 1.54) is 4.31 Å². The molecule has 6 nitrogen and oxygen atoms in total. The lowest BCUT2D eigenvalue weighted by molar-refractivity contribution is -0.126. The van der Waals surface area contributed by atoms with Gasteiger partial charge in [0.05, 0.1) is 0 Å². The Balaban J connectivity index is 2.09. The van der Waals surface area contributed by atoms with E-state index in [1.54, 1.807) is 0 Å². The number of carbonyl (C=O) groups is 1. The molecule has 0 aromatic rings. The number of carbonyl (C=O) groups excluding carboxylic acids is 1. The Hall–Kier alpha value is -0.500. The first-order chi connectivity index (χ1) is 9.15. The fraction of sp³-hybridized carbons (Fsp3) is 0.917. The van der Waals surface area contributed by atoms with Gasteiger partial charge in [0.25, 0.3) is 0 Å². The largest absolute Gasteiger partial charge is 0.356 e. The van der Waals surface area contributed by atoms with Crippen LogP contribution in [0.15, 0.2) is 0 Å². The summed E-state index contributed by atoms with van der Waals surface area (Å²) in [7, 11) is 0. The summed E-state index contributed by atoms with van der Waals surface area (Å²) in [6.07, 6.45) is 5.57. The normalized spacial score (nSPS) is 19.3. The van der Waals surface area contributed by atoms with Crippen LogP contribution in [0.5, 0.6) is 0 Å². The highest BCUT2D eigenvalue weighted by atomic mass is 32.2. The van der Waals surface area contributed by atoms with Crippen LogP contribution >= 0.6 is 0 Å². The Kier molecular flexibility index (Phi) is 8.20. The summed E-state index contributed by atoms with van der Waals surface area (Å²) in [6, 6.07) is 0. The predicted molar refractivity (Wildman–Crippen MR) is 75.6 cm³/mol. The zero-order chi connectivity index (χ0) is 14.1. The number of nitrogens with two attached hydrogens (primary N) is 1. The van der Waals surface area contributed by atoms with Gasteiger partial charge in [0.15, 0.2) is 0 Å². The molecule has 112 valence electrons. The van der Waals surface area contributed by atoms with Crippen molar-refractivity contribution in [3.05, 3.63) is 0 Å². The average molecular weight is 291 g/mol. The smallest absolute Gasteiger partial charge is 0.234 e. The summed E-state index contributed by atoms with van der Waals surface area (Å²) in [5.74, 6) is 0.0750. The van der Waals surface area contributed by atoms with Gasteiger partial charge in [-0.05, 0) is 32.2 Å². The zero-order valence-corrected chi connectivity index (χ0v) is 12.2. The van der Waals surface area contributed by atoms with Crippen molar-refractivity contribution in [2.24, 2.45) is 11.7 Å². The van der Waals surface area contributed by atoms with Gasteiger partial charge < -0.3 is 11.1 Å². The monoisotopic (exact) mass is 291 g/mol. The maximum Gasteiger partial charge on any atom is 0.234 e. The number of amides is 1. The Morgan fingerprint density at radius 1 is 1.26 bits per heavy atom. The lowest BCUT2D eigenvalue weighted by atomic mass is 9.97. The van der Waals surface area contributed by atoms with Gasteiger partial charge >= 0.3 is 0 Å². The highest BCUT2D eigenvalue weighted by Crippen LogP contribution is 2.17. The van der Waals surface area contributed by atoms with Crippen LogP contribution < -0.4 is 11.1 Å². The maximum atomic E-state index is 11.9. The Morgan fingerprint density at radius 2 is 1.89 bits per heavy atom. The molecule has 1 atom stereocenters. The van der Waals surface area contributed by atoms with Gasteiger partial charge in [-0.15, -0.1) is 0 Å². The number of unbranched alkanes of at least 4 members (excludes halogenated alkanes) is 3. The molecule has 1 aliphatic heterocycles. The van der Waals surface area contributed by atoms with Gasteiger partial charge in [-0.2, -0.15) is 0 Å². The first-order valence-electron chi connectivity index (χ1n) is 6.99. The fourth-order valence-electron chi connectivity index (χ4n) is 2.25. The van der Waals surface area contributed by atoms with E-state index in [0.717, 1.165) is 38.8 Å². The van der Waals surface area contributed by atoms with Crippen LogP contribution in [0.4, 0.5) is 0 Å². The van der Waals surface area contributed by atoms with Gasteiger partial charge in [0.1, 0.15) is 0 Å². The van der Waals surface area contributed by atoms with Crippen LogP contribution in [0.25, 0.3) is 0 Å². The van der Waals surface area contributed by atoms with E-state index in [4.69, 9.17) is 10.3 Å². The number of hydrogen-bond acceptors (Lipinski definition) is 3. The van der Waals surface area contributed by atoms with Gasteiger partial charge in [-0.25, -0.2) is 8.51 Å². The Bertz CT molecular complexity index is 294. The summed E-state index contributed by atoms with van der Waals surface area (Å²) in [5, 5.41) is 2.95. The second-order valence-electron chi connectivity index (χ2n) is 4.93. The Morgan fingerprint density at radius 3 is 2.47 bits per heavy atom. The maximum absolute atomic E-state index is 11.9. The van der Waals surface area contributed by atoms with Gasteiger partial charge in [-0.1, -0.05) is 12.8 Å². The second-order valence-corrected chi connectivity index (χ2v) is 5.91. The molecule has 0 aliphatic carbocycles. The van der Waals surface area contributed by atoms with Crippen molar-refractivity contribution in [3.8, 4) is 0 Å². The van der Waals surface area contributed by atoms with Crippen LogP contribution in [-0.2, 0) is 16.1 Å². The van der Waals surface area contributed by atoms with Crippen molar-refractivity contribution in [2.75, 3.05) is 26.2 Å². The molecule has 0 saturated carbocycles. The molecule has 4 N–H and O–H groups in total. The van der Waals surface area contributed by atoms with Crippen LogP contribution in [-0.4, -0.2) is 45.2 Å². The summed E-state index contributed by atoms with van der Waals surface area (Å²) < 4.78 is 21.3. The quantitative estimate of drug-likeness (QED) is 0.447. The zero-order valence-electron chi connectivity index (χ0n) is 11.3. The number of rotatable bonds is 8. The van der Waals surface area contributed by atoms with Crippen molar-refractivity contribution >= 4 is 17.2 Å². The van der Waals surface area contributed by atoms with Gasteiger partial charge in [0.2, 0.25) is 17.2 Å². The number of hydrogen-bond donors (Lipinski definition) is 3. The summed E-state index contributed by atoms with van der Waals surface area (Å²) in [6.45, 7) is 2.47. The number of piperidine rings is 1. The topological polar surface area (TPSA) is 95.7 Å². The molecule has 0 radical (unpaired) electrons. The molecular weight excluding hydrogens is 266 g/mol. The molecule has 0 aromatic carbocycles. The highest BCUT2D eigenvalue weighted by Gasteiger charge is 2.26. The minimum absolute atomic E-state index is 0.0103. The van der Waals surface area contributed by atoms with Gasteiger partial charge in [0, 0.05) is 25.6 Å². The van der Waals surface area contributed by atoms with E-state index < -0.39 is 11.3 Å². The van der Waals surface area contributed by atoms with E-state index >= 15 is 0 Å². The van der Waals surface area contributed by atoms with E-state index in [0.29, 0.717) is 25.9 Å². The van der Waals surface area contributed by atoms with E-state index in [9.17, 15) is 9.00 Å². The first-order valence-corrected chi connectivity index (χ1v) is 8.05. The van der Waals surface area contributed by atoms with Crippen molar-refractivity contribution in [3.63, 3.8) is 0 Å². The van der Waals surface area contributed by atoms with E-state index in [-0.39, 0.29) is 11.8 Å². The highest BCUT2D eigenvalue weighted by molar-refractivity contribution is 7.76. The Labute approximate surface area is 117 Å². The third-order valence-corrected chi connectivity index (χ3v) is 4.28. The third kappa shape index (κ3) is 6.47. The summed E-state index contributed by atoms with van der Waals surface area (Å²) in [5.41, 5.74) is 5.41. The SMILES string of the molecule is NCCCCCCNC(=O)C1CCN(S(=O)O)CC1. The molecule has 1 fully saturated rings. The fourth-order valence-corrected chi connectivity index (χ4v) is 2.78. The molecule has 1 amide bonds. The molecule has 19 heavy (non-hydrogen) atoms. The van der Waals surface area contributed by atoms with E-state index in [2.05, 4.69) is 5.32 Å². The molecule has 1 saturated heterocycles. The molecule has 1 heterocycles. The second kappa shape index (κ2) is 9.41. The van der Waals surface area contributed by atoms with Crippen molar-refractivity contribution in [1.82, 2.24) is 9.62 Å². The first kappa shape index (κ1) is 16.6. The summed E-state index contributed by atoms with van der Waals surface area (Å²) in [4.78, 5) is 11.9. The van der Waals surface area contributed by atoms with Crippen LogP contribution in [0, 0.1) is 5.92 Å². The van der Waals surface area contributed by atoms with Crippen molar-refractivity contribution in [1.29, 1.82) is 0 Å². The molecule has 7 heteroatoms. The van der Waals surface area contributed by atoms with Crippen molar-refractivity contribution < 1.29 is 13.6 Å². The lowest BCUT2D eigenvalue weighted by Crippen LogP contribution is -2.41. The molecule has 0 spiro atoms. The minimum Gasteiger partial charge on any atom is -0.356 e. The summed E-state index contributed by atoms with van der Waals surface area (Å²) >= 11 is -1.90. The number of nitrogens with zero attached hydrogens (tertiary/aromatic N) is 1. The van der Waals surface area contributed by atoms with Crippen LogP contribution in [0.1, 0.15) is 38.5 Å². The third-order valence-electron chi connectivity index (χ3n) is 3.48. The average Bonchev–Trinajstić information content (AvgIpc) is 2.42. The van der Waals surface area contributed by atoms with Crippen LogP contribution in [0.3, 0.4) is 0 Å². The standard InChI is InChI=1S/C12H25N3O3S/c13-7-3-1-2-4-8-14-12(16)11-5-9-15(10-6-11)19(17)18/h11H,1-10,13H2,(H,14,16)(H,17,18). The van der Waals surface area contributed by atoms with E-state index in [1.807, 2.05) is 0 Å². The lowest BCUT2D eigenvalue weighted by Gasteiger charge is -2.28. The predicted octanol–water partition coefficient (Wildman–Crippen LogP) is 0.470. The minimum atomic E-state index is -1.90. The van der Waals surface area contributed by atoms with Gasteiger partial charge in [-0.3, -0.25) is 9.35 Å². The van der Waals surface area contributed by atoms with Crippen molar-refractivity contribution in [2.45, 2.75) is 38.5 Å². The molecule has 1 rings (SSSR count). The molecule has 0 bridgehead atoms. The van der Waals surface area contributed by atoms with Crippen LogP contribution in [0.2, 0.25) is 0 Å².